The Labute approximate surface area is 210 Å². The summed E-state index contributed by atoms with van der Waals surface area (Å²) in [6, 6.07) is 11.0. The molecule has 1 aromatic heterocycles. The first-order chi connectivity index (χ1) is 16.0. The van der Waals surface area contributed by atoms with Gasteiger partial charge >= 0.3 is 5.97 Å². The number of aromatic carboxylic acids is 1. The first kappa shape index (κ1) is 24.0. The molecule has 1 saturated heterocycles. The van der Waals surface area contributed by atoms with Crippen LogP contribution in [0.25, 0.3) is 11.8 Å². The number of hydrogen-bond donors (Lipinski definition) is 2. The summed E-state index contributed by atoms with van der Waals surface area (Å²) >= 11 is 4.87. The number of benzene rings is 2. The molecule has 6 nitrogen and oxygen atoms in total. The molecule has 1 aliphatic rings. The number of carboxylic acid groups (broad SMARTS) is 1. The molecule has 4 rings (SSSR count). The zero-order valence-electron chi connectivity index (χ0n) is 19.5. The minimum Gasteiger partial charge on any atom is -0.478 e. The van der Waals surface area contributed by atoms with Gasteiger partial charge in [-0.2, -0.15) is 0 Å². The summed E-state index contributed by atoms with van der Waals surface area (Å²) in [4.78, 5) is 29.3. The molecule has 3 aromatic rings. The van der Waals surface area contributed by atoms with Crippen LogP contribution in [0.3, 0.4) is 0 Å². The van der Waals surface area contributed by atoms with E-state index < -0.39 is 5.97 Å². The molecule has 0 aliphatic carbocycles. The van der Waals surface area contributed by atoms with Gasteiger partial charge in [-0.25, -0.2) is 9.79 Å². The molecule has 174 valence electrons. The van der Waals surface area contributed by atoms with Crippen molar-refractivity contribution >= 4 is 56.5 Å². The smallest absolute Gasteiger partial charge is 0.335 e. The lowest BCUT2D eigenvalue weighted by Crippen LogP contribution is -2.19. The van der Waals surface area contributed by atoms with E-state index in [1.165, 1.54) is 11.8 Å². The molecule has 1 aliphatic heterocycles. The highest BCUT2D eigenvalue weighted by atomic mass is 79.9. The fourth-order valence-corrected chi connectivity index (χ4v) is 5.08. The quantitative estimate of drug-likeness (QED) is 0.378. The number of nitrogens with one attached hydrogen (secondary N) is 1. The van der Waals surface area contributed by atoms with Crippen molar-refractivity contribution in [1.29, 1.82) is 0 Å². The highest BCUT2D eigenvalue weighted by Crippen LogP contribution is 2.32. The fourth-order valence-electron chi connectivity index (χ4n) is 4.01. The van der Waals surface area contributed by atoms with Crippen molar-refractivity contribution in [3.8, 4) is 5.69 Å². The van der Waals surface area contributed by atoms with Gasteiger partial charge < -0.3 is 15.0 Å². The molecule has 0 radical (unpaired) electrons. The molecule has 2 N–H and O–H groups in total. The van der Waals surface area contributed by atoms with Crippen molar-refractivity contribution in [1.82, 2.24) is 9.88 Å². The molecule has 0 bridgehead atoms. The topological polar surface area (TPSA) is 83.7 Å². The largest absolute Gasteiger partial charge is 0.478 e. The number of carbonyl (C=O) groups excluding carboxylic acids is 1. The number of thioether (sulfide) groups is 1. The minimum absolute atomic E-state index is 0.192. The number of carbonyl (C=O) groups is 2. The van der Waals surface area contributed by atoms with Crippen LogP contribution in [0, 0.1) is 34.6 Å². The van der Waals surface area contributed by atoms with Crippen molar-refractivity contribution < 1.29 is 14.7 Å². The maximum Gasteiger partial charge on any atom is 0.335 e. The lowest BCUT2D eigenvalue weighted by molar-refractivity contribution is -0.115. The molecule has 0 atom stereocenters. The molecular weight excluding hydrogens is 514 g/mol. The van der Waals surface area contributed by atoms with Crippen LogP contribution >= 0.6 is 27.7 Å². The maximum atomic E-state index is 12.7. The van der Waals surface area contributed by atoms with Crippen LogP contribution in [0.2, 0.25) is 0 Å². The zero-order chi connectivity index (χ0) is 24.7. The Balaban J connectivity index is 1.68. The van der Waals surface area contributed by atoms with E-state index in [1.54, 1.807) is 12.1 Å². The van der Waals surface area contributed by atoms with Crippen molar-refractivity contribution in [2.75, 3.05) is 0 Å². The number of nitrogens with zero attached hydrogens (tertiary/aromatic N) is 2. The Hall–Kier alpha value is -3.10. The molecular formula is C26H24BrN3O3S. The lowest BCUT2D eigenvalue weighted by atomic mass is 10.1. The van der Waals surface area contributed by atoms with E-state index >= 15 is 0 Å². The molecule has 0 saturated carbocycles. The molecule has 1 fully saturated rings. The number of aromatic nitrogens is 1. The van der Waals surface area contributed by atoms with Crippen molar-refractivity contribution in [2.45, 2.75) is 34.6 Å². The average molecular weight is 538 g/mol. The van der Waals surface area contributed by atoms with Gasteiger partial charge in [-0.1, -0.05) is 22.0 Å². The van der Waals surface area contributed by atoms with Gasteiger partial charge in [0.1, 0.15) is 0 Å². The number of carboxylic acids is 1. The summed E-state index contributed by atoms with van der Waals surface area (Å²) in [5.74, 6) is -1.16. The van der Waals surface area contributed by atoms with Gasteiger partial charge in [0.2, 0.25) is 0 Å². The first-order valence-corrected chi connectivity index (χ1v) is 12.3. The van der Waals surface area contributed by atoms with Crippen LogP contribution in [-0.2, 0) is 4.79 Å². The Kier molecular flexibility index (Phi) is 6.55. The second-order valence-electron chi connectivity index (χ2n) is 8.34. The summed E-state index contributed by atoms with van der Waals surface area (Å²) in [7, 11) is 0. The number of hydrogen-bond acceptors (Lipinski definition) is 4. The number of rotatable bonds is 4. The molecule has 0 unspecified atom stereocenters. The third-order valence-corrected chi connectivity index (χ3v) is 7.92. The van der Waals surface area contributed by atoms with Crippen LogP contribution in [0.5, 0.6) is 0 Å². The molecule has 2 aromatic carbocycles. The standard InChI is InChI=1S/C26H24BrN3O3S/c1-13-6-7-18(25(32)33)11-21(13)30-16(4)10-19(17(30)5)12-22-24(31)29-26(34-22)28-20-8-14(2)23(27)15(3)9-20/h6-12H,1-5H3,(H,32,33)(H,28,29,31)/b22-12-. The van der Waals surface area contributed by atoms with E-state index in [0.717, 1.165) is 49.5 Å². The predicted molar refractivity (Wildman–Crippen MR) is 141 cm³/mol. The van der Waals surface area contributed by atoms with Crippen LogP contribution in [0.4, 0.5) is 5.69 Å². The van der Waals surface area contributed by atoms with Gasteiger partial charge in [0.25, 0.3) is 5.91 Å². The van der Waals surface area contributed by atoms with E-state index in [2.05, 4.69) is 26.2 Å². The van der Waals surface area contributed by atoms with Gasteiger partial charge in [-0.15, -0.1) is 0 Å². The predicted octanol–water partition coefficient (Wildman–Crippen LogP) is 6.37. The van der Waals surface area contributed by atoms with Crippen LogP contribution in [-0.4, -0.2) is 26.7 Å². The Morgan fingerprint density at radius 1 is 1.06 bits per heavy atom. The van der Waals surface area contributed by atoms with Gasteiger partial charge in [0, 0.05) is 21.5 Å². The van der Waals surface area contributed by atoms with E-state index in [9.17, 15) is 14.7 Å². The second-order valence-corrected chi connectivity index (χ2v) is 10.2. The van der Waals surface area contributed by atoms with Crippen molar-refractivity contribution in [3.63, 3.8) is 0 Å². The summed E-state index contributed by atoms with van der Waals surface area (Å²) in [5, 5.41) is 12.8. The molecule has 8 heteroatoms. The van der Waals surface area contributed by atoms with Gasteiger partial charge in [0.05, 0.1) is 16.2 Å². The summed E-state index contributed by atoms with van der Waals surface area (Å²) in [6.45, 7) is 9.90. The fraction of sp³-hybridized carbons (Fsp3) is 0.192. The highest BCUT2D eigenvalue weighted by molar-refractivity contribution is 9.10. The second kappa shape index (κ2) is 9.27. The first-order valence-electron chi connectivity index (χ1n) is 10.6. The van der Waals surface area contributed by atoms with E-state index in [4.69, 9.17) is 0 Å². The monoisotopic (exact) mass is 537 g/mol. The molecule has 1 amide bonds. The minimum atomic E-state index is -0.965. The van der Waals surface area contributed by atoms with E-state index in [0.29, 0.717) is 10.1 Å². The Bertz CT molecular complexity index is 1400. The van der Waals surface area contributed by atoms with Gasteiger partial charge in [0.15, 0.2) is 5.17 Å². The normalized spacial score (nSPS) is 15.9. The van der Waals surface area contributed by atoms with E-state index in [1.807, 2.05) is 69.5 Å². The van der Waals surface area contributed by atoms with Gasteiger partial charge in [-0.05, 0) is 105 Å². The maximum absolute atomic E-state index is 12.7. The van der Waals surface area contributed by atoms with Crippen molar-refractivity contribution in [3.05, 3.63) is 85.0 Å². The van der Waals surface area contributed by atoms with Crippen LogP contribution in [0.1, 0.15) is 44.0 Å². The number of aliphatic imine (C=N–C) groups is 1. The number of amides is 1. The summed E-state index contributed by atoms with van der Waals surface area (Å²) < 4.78 is 3.08. The van der Waals surface area contributed by atoms with Crippen molar-refractivity contribution in [2.24, 2.45) is 4.99 Å². The number of amidine groups is 1. The van der Waals surface area contributed by atoms with Crippen LogP contribution in [0.15, 0.2) is 50.8 Å². The number of halogens is 1. The Morgan fingerprint density at radius 3 is 2.38 bits per heavy atom. The third kappa shape index (κ3) is 4.60. The molecule has 0 spiro atoms. The highest BCUT2D eigenvalue weighted by Gasteiger charge is 2.25. The average Bonchev–Trinajstić information content (AvgIpc) is 3.24. The summed E-state index contributed by atoms with van der Waals surface area (Å²) in [6.07, 6.45) is 1.86. The van der Waals surface area contributed by atoms with Gasteiger partial charge in [-0.3, -0.25) is 4.79 Å². The lowest BCUT2D eigenvalue weighted by Gasteiger charge is -2.13. The zero-order valence-corrected chi connectivity index (χ0v) is 21.9. The van der Waals surface area contributed by atoms with Crippen LogP contribution < -0.4 is 5.32 Å². The Morgan fingerprint density at radius 2 is 1.74 bits per heavy atom. The van der Waals surface area contributed by atoms with E-state index in [-0.39, 0.29) is 11.5 Å². The SMILES string of the molecule is Cc1ccc(C(=O)O)cc1-n1c(C)cc(/C=C2\SC(=Nc3cc(C)c(Br)c(C)c3)NC2=O)c1C. The summed E-state index contributed by atoms with van der Waals surface area (Å²) in [5.41, 5.74) is 7.74. The molecule has 34 heavy (non-hydrogen) atoms. The molecule has 2 heterocycles. The number of aryl methyl sites for hydroxylation is 4. The third-order valence-electron chi connectivity index (χ3n) is 5.76.